The monoisotopic (exact) mass is 186 g/mol. The lowest BCUT2D eigenvalue weighted by molar-refractivity contribution is -0.144. The minimum atomic E-state index is -0.679. The second-order valence-electron chi connectivity index (χ2n) is 3.91. The van der Waals surface area contributed by atoms with Gasteiger partial charge in [0.05, 0.1) is 12.0 Å². The number of aliphatic carboxylic acids is 1. The molecule has 1 aliphatic carbocycles. The predicted molar refractivity (Wildman–Crippen MR) is 49.6 cm³/mol. The number of carboxylic acid groups (broad SMARTS) is 1. The zero-order valence-corrected chi connectivity index (χ0v) is 8.32. The van der Waals surface area contributed by atoms with Crippen molar-refractivity contribution in [2.24, 2.45) is 11.8 Å². The zero-order valence-electron chi connectivity index (χ0n) is 8.32. The maximum Gasteiger partial charge on any atom is 0.306 e. The number of rotatable bonds is 3. The van der Waals surface area contributed by atoms with Crippen molar-refractivity contribution in [2.45, 2.75) is 38.7 Å². The third-order valence-corrected chi connectivity index (χ3v) is 3.10. The Morgan fingerprint density at radius 2 is 2.23 bits per heavy atom. The van der Waals surface area contributed by atoms with E-state index in [1.165, 1.54) is 0 Å². The van der Waals surface area contributed by atoms with Gasteiger partial charge in [-0.15, -0.1) is 0 Å². The molecule has 1 fully saturated rings. The van der Waals surface area contributed by atoms with Gasteiger partial charge in [0.15, 0.2) is 0 Å². The van der Waals surface area contributed by atoms with Crippen LogP contribution < -0.4 is 0 Å². The Balaban J connectivity index is 2.46. The van der Waals surface area contributed by atoms with E-state index in [0.29, 0.717) is 5.92 Å². The summed E-state index contributed by atoms with van der Waals surface area (Å²) < 4.78 is 5.26. The van der Waals surface area contributed by atoms with Gasteiger partial charge >= 0.3 is 5.97 Å². The van der Waals surface area contributed by atoms with Gasteiger partial charge in [-0.2, -0.15) is 0 Å². The summed E-state index contributed by atoms with van der Waals surface area (Å²) in [4.78, 5) is 10.8. The summed E-state index contributed by atoms with van der Waals surface area (Å²) in [6, 6.07) is 0. The van der Waals surface area contributed by atoms with E-state index < -0.39 is 5.97 Å². The van der Waals surface area contributed by atoms with Gasteiger partial charge in [-0.1, -0.05) is 13.3 Å². The molecule has 0 bridgehead atoms. The molecule has 0 aromatic rings. The minimum Gasteiger partial charge on any atom is -0.481 e. The van der Waals surface area contributed by atoms with Gasteiger partial charge in [0.2, 0.25) is 0 Å². The van der Waals surface area contributed by atoms with Crippen LogP contribution in [0, 0.1) is 11.8 Å². The van der Waals surface area contributed by atoms with Gasteiger partial charge in [0.1, 0.15) is 0 Å². The van der Waals surface area contributed by atoms with Gasteiger partial charge in [-0.05, 0) is 25.2 Å². The summed E-state index contributed by atoms with van der Waals surface area (Å²) in [7, 11) is 1.71. The Bertz CT molecular complexity index is 179. The standard InChI is InChI=1S/C10H18O3/c1-7(10(11)12)8-4-3-5-9(6-8)13-2/h7-9H,3-6H2,1-2H3,(H,11,12). The molecule has 0 heterocycles. The average molecular weight is 186 g/mol. The molecule has 0 aliphatic heterocycles. The molecule has 1 saturated carbocycles. The molecule has 1 aliphatic rings. The van der Waals surface area contributed by atoms with Crippen molar-refractivity contribution < 1.29 is 14.6 Å². The molecular formula is C10H18O3. The lowest BCUT2D eigenvalue weighted by Gasteiger charge is -2.30. The Hall–Kier alpha value is -0.570. The van der Waals surface area contributed by atoms with Crippen LogP contribution in [0.2, 0.25) is 0 Å². The van der Waals surface area contributed by atoms with Crippen LogP contribution in [0.4, 0.5) is 0 Å². The highest BCUT2D eigenvalue weighted by molar-refractivity contribution is 5.69. The van der Waals surface area contributed by atoms with Crippen LogP contribution >= 0.6 is 0 Å². The molecular weight excluding hydrogens is 168 g/mol. The summed E-state index contributed by atoms with van der Waals surface area (Å²) in [6.45, 7) is 1.80. The van der Waals surface area contributed by atoms with Crippen LogP contribution in [-0.4, -0.2) is 24.3 Å². The molecule has 1 rings (SSSR count). The Labute approximate surface area is 79.1 Å². The maximum absolute atomic E-state index is 10.8. The van der Waals surface area contributed by atoms with E-state index in [2.05, 4.69) is 0 Å². The highest BCUT2D eigenvalue weighted by atomic mass is 16.5. The van der Waals surface area contributed by atoms with Gasteiger partial charge < -0.3 is 9.84 Å². The van der Waals surface area contributed by atoms with E-state index in [1.54, 1.807) is 14.0 Å². The van der Waals surface area contributed by atoms with E-state index in [0.717, 1.165) is 25.7 Å². The summed E-state index contributed by atoms with van der Waals surface area (Å²) >= 11 is 0. The molecule has 0 radical (unpaired) electrons. The first-order valence-corrected chi connectivity index (χ1v) is 4.90. The quantitative estimate of drug-likeness (QED) is 0.732. The number of methoxy groups -OCH3 is 1. The maximum atomic E-state index is 10.8. The first kappa shape index (κ1) is 10.5. The van der Waals surface area contributed by atoms with Crippen molar-refractivity contribution in [1.29, 1.82) is 0 Å². The number of hydrogen-bond donors (Lipinski definition) is 1. The topological polar surface area (TPSA) is 46.5 Å². The fourth-order valence-corrected chi connectivity index (χ4v) is 2.05. The normalized spacial score (nSPS) is 31.2. The fraction of sp³-hybridized carbons (Fsp3) is 0.900. The van der Waals surface area contributed by atoms with E-state index >= 15 is 0 Å². The van der Waals surface area contributed by atoms with Crippen molar-refractivity contribution >= 4 is 5.97 Å². The van der Waals surface area contributed by atoms with Crippen molar-refractivity contribution in [3.63, 3.8) is 0 Å². The lowest BCUT2D eigenvalue weighted by Crippen LogP contribution is -2.29. The molecule has 0 saturated heterocycles. The smallest absolute Gasteiger partial charge is 0.306 e. The zero-order chi connectivity index (χ0) is 9.84. The second kappa shape index (κ2) is 4.61. The second-order valence-corrected chi connectivity index (χ2v) is 3.91. The molecule has 0 amide bonds. The van der Waals surface area contributed by atoms with Gasteiger partial charge in [-0.25, -0.2) is 0 Å². The molecule has 13 heavy (non-hydrogen) atoms. The molecule has 1 N–H and O–H groups in total. The number of carboxylic acids is 1. The summed E-state index contributed by atoms with van der Waals surface area (Å²) in [6.07, 6.45) is 4.40. The van der Waals surface area contributed by atoms with Crippen LogP contribution in [0.5, 0.6) is 0 Å². The third kappa shape index (κ3) is 2.69. The van der Waals surface area contributed by atoms with E-state index in [4.69, 9.17) is 9.84 Å². The van der Waals surface area contributed by atoms with Crippen molar-refractivity contribution in [3.8, 4) is 0 Å². The van der Waals surface area contributed by atoms with E-state index in [-0.39, 0.29) is 12.0 Å². The van der Waals surface area contributed by atoms with Gasteiger partial charge in [-0.3, -0.25) is 4.79 Å². The predicted octanol–water partition coefficient (Wildman–Crippen LogP) is 1.91. The van der Waals surface area contributed by atoms with Crippen LogP contribution in [0.25, 0.3) is 0 Å². The first-order chi connectivity index (χ1) is 6.15. The third-order valence-electron chi connectivity index (χ3n) is 3.10. The van der Waals surface area contributed by atoms with Gasteiger partial charge in [0, 0.05) is 7.11 Å². The Kier molecular flexibility index (Phi) is 3.72. The Morgan fingerprint density at radius 1 is 1.54 bits per heavy atom. The first-order valence-electron chi connectivity index (χ1n) is 4.90. The molecule has 3 nitrogen and oxygen atoms in total. The van der Waals surface area contributed by atoms with Crippen LogP contribution in [0.15, 0.2) is 0 Å². The molecule has 76 valence electrons. The molecule has 0 aromatic carbocycles. The molecule has 3 heteroatoms. The van der Waals surface area contributed by atoms with Crippen LogP contribution in [0.1, 0.15) is 32.6 Å². The SMILES string of the molecule is COC1CCCC(C(C)C(=O)O)C1. The summed E-state index contributed by atoms with van der Waals surface area (Å²) in [5.41, 5.74) is 0. The molecule has 3 unspecified atom stereocenters. The lowest BCUT2D eigenvalue weighted by atomic mass is 9.79. The van der Waals surface area contributed by atoms with Crippen molar-refractivity contribution in [2.75, 3.05) is 7.11 Å². The molecule has 3 atom stereocenters. The number of hydrogen-bond acceptors (Lipinski definition) is 2. The molecule has 0 spiro atoms. The van der Waals surface area contributed by atoms with Crippen molar-refractivity contribution in [1.82, 2.24) is 0 Å². The van der Waals surface area contributed by atoms with E-state index in [9.17, 15) is 4.79 Å². The van der Waals surface area contributed by atoms with Crippen molar-refractivity contribution in [3.05, 3.63) is 0 Å². The average Bonchev–Trinajstić information content (AvgIpc) is 2.16. The fourth-order valence-electron chi connectivity index (χ4n) is 2.05. The Morgan fingerprint density at radius 3 is 2.77 bits per heavy atom. The largest absolute Gasteiger partial charge is 0.481 e. The number of carbonyl (C=O) groups is 1. The van der Waals surface area contributed by atoms with E-state index in [1.807, 2.05) is 0 Å². The van der Waals surface area contributed by atoms with Gasteiger partial charge in [0.25, 0.3) is 0 Å². The minimum absolute atomic E-state index is 0.224. The highest BCUT2D eigenvalue weighted by Crippen LogP contribution is 2.31. The summed E-state index contributed by atoms with van der Waals surface area (Å²) in [5.74, 6) is -0.601. The number of ether oxygens (including phenoxy) is 1. The summed E-state index contributed by atoms with van der Waals surface area (Å²) in [5, 5.41) is 8.85. The van der Waals surface area contributed by atoms with Crippen LogP contribution in [0.3, 0.4) is 0 Å². The highest BCUT2D eigenvalue weighted by Gasteiger charge is 2.29. The molecule has 0 aromatic heterocycles. The van der Waals surface area contributed by atoms with Crippen LogP contribution in [-0.2, 0) is 9.53 Å².